The number of guanidine groups is 1. The summed E-state index contributed by atoms with van der Waals surface area (Å²) >= 11 is 1.24. The van der Waals surface area contributed by atoms with Crippen LogP contribution in [0.3, 0.4) is 0 Å². The number of nitrogens with one attached hydrogen (secondary N) is 2. The van der Waals surface area contributed by atoms with E-state index in [2.05, 4.69) is 20.8 Å². The van der Waals surface area contributed by atoms with Crippen LogP contribution in [0.25, 0.3) is 10.4 Å². The van der Waals surface area contributed by atoms with E-state index < -0.39 is 18.0 Å². The van der Waals surface area contributed by atoms with E-state index in [1.165, 1.54) is 22.3 Å². The van der Waals surface area contributed by atoms with E-state index in [-0.39, 0.29) is 13.2 Å². The third-order valence-corrected chi connectivity index (χ3v) is 5.22. The number of hydrogen-bond donors (Lipinski definition) is 3. The zero-order chi connectivity index (χ0) is 19.8. The fourth-order valence-corrected chi connectivity index (χ4v) is 3.59. The summed E-state index contributed by atoms with van der Waals surface area (Å²) < 4.78 is 19.7. The number of cyclic esters (lactones) is 1. The van der Waals surface area contributed by atoms with Crippen molar-refractivity contribution in [1.82, 2.24) is 26.1 Å². The molecule has 1 atom stereocenters. The molecule has 0 unspecified atom stereocenters. The molecule has 12 heteroatoms. The van der Waals surface area contributed by atoms with Crippen LogP contribution in [0.15, 0.2) is 29.4 Å². The molecule has 1 amide bonds. The topological polar surface area (TPSA) is 106 Å². The minimum Gasteiger partial charge on any atom is -0.441 e. The number of rotatable bonds is 4. The van der Waals surface area contributed by atoms with Gasteiger partial charge in [0, 0.05) is 25.9 Å². The summed E-state index contributed by atoms with van der Waals surface area (Å²) in [5, 5.41) is 13.0. The lowest BCUT2D eigenvalue weighted by atomic mass is 10.1. The molecular formula is C16H18FN7O3S. The Balaban J connectivity index is 1.54. The first-order valence-electron chi connectivity index (χ1n) is 8.38. The molecule has 3 heterocycles. The molecule has 4 rings (SSSR count). The molecule has 2 fully saturated rings. The Hall–Kier alpha value is -2.80. The number of nitrogens with zero attached hydrogens (tertiary/aromatic N) is 5. The van der Waals surface area contributed by atoms with Crippen LogP contribution in [0.2, 0.25) is 0 Å². The highest BCUT2D eigenvalue weighted by Crippen LogP contribution is 2.34. The van der Waals surface area contributed by atoms with Crippen LogP contribution in [0, 0.1) is 5.82 Å². The van der Waals surface area contributed by atoms with Gasteiger partial charge in [0.2, 0.25) is 11.1 Å². The lowest BCUT2D eigenvalue weighted by molar-refractivity contribution is 0.0125. The van der Waals surface area contributed by atoms with Crippen LogP contribution in [0.4, 0.5) is 20.0 Å². The van der Waals surface area contributed by atoms with Crippen molar-refractivity contribution >= 4 is 34.2 Å². The number of thiazole rings is 1. The molecule has 0 bridgehead atoms. The molecule has 0 saturated carbocycles. The molecule has 2 aliphatic rings. The van der Waals surface area contributed by atoms with Crippen molar-refractivity contribution in [3.05, 3.63) is 30.2 Å². The number of carbonyl (C=O) groups excluding carboxylic acids is 1. The van der Waals surface area contributed by atoms with Crippen molar-refractivity contribution in [2.45, 2.75) is 6.10 Å². The molecule has 2 aliphatic heterocycles. The van der Waals surface area contributed by atoms with E-state index in [0.717, 1.165) is 0 Å². The van der Waals surface area contributed by atoms with Gasteiger partial charge in [-0.15, -0.1) is 10.2 Å². The molecule has 2 aromatic rings. The third kappa shape index (κ3) is 3.49. The quantitative estimate of drug-likeness (QED) is 0.691. The van der Waals surface area contributed by atoms with Crippen molar-refractivity contribution in [3.63, 3.8) is 0 Å². The Bertz CT molecular complexity index is 925. The average molecular weight is 407 g/mol. The zero-order valence-electron chi connectivity index (χ0n) is 15.1. The Labute approximate surface area is 163 Å². The summed E-state index contributed by atoms with van der Waals surface area (Å²) in [4.78, 5) is 22.3. The maximum Gasteiger partial charge on any atom is 0.414 e. The number of hydrogen-bond acceptors (Lipinski definition) is 8. The summed E-state index contributed by atoms with van der Waals surface area (Å²) in [7, 11) is 3.64. The lowest BCUT2D eigenvalue weighted by Crippen LogP contribution is -2.38. The van der Waals surface area contributed by atoms with Gasteiger partial charge in [-0.2, -0.15) is 4.99 Å². The number of anilines is 1. The third-order valence-electron chi connectivity index (χ3n) is 4.29. The first-order chi connectivity index (χ1) is 13.4. The number of hydrazine groups is 3. The van der Waals surface area contributed by atoms with Crippen LogP contribution in [-0.2, 0) is 4.74 Å². The van der Waals surface area contributed by atoms with E-state index in [1.54, 1.807) is 28.6 Å². The van der Waals surface area contributed by atoms with Gasteiger partial charge < -0.3 is 9.84 Å². The molecule has 2 saturated heterocycles. The van der Waals surface area contributed by atoms with Gasteiger partial charge in [0.15, 0.2) is 0 Å². The number of aliphatic imine (C=N–C) groups is 1. The number of aromatic nitrogens is 1. The Kier molecular flexibility index (Phi) is 4.85. The van der Waals surface area contributed by atoms with Gasteiger partial charge >= 0.3 is 6.09 Å². The van der Waals surface area contributed by atoms with Gasteiger partial charge in [0.1, 0.15) is 11.9 Å². The fourth-order valence-electron chi connectivity index (χ4n) is 2.77. The van der Waals surface area contributed by atoms with Crippen molar-refractivity contribution < 1.29 is 19.0 Å². The predicted octanol–water partition coefficient (Wildman–Crippen LogP) is 1.06. The Morgan fingerprint density at radius 3 is 2.79 bits per heavy atom. The zero-order valence-corrected chi connectivity index (χ0v) is 15.9. The summed E-state index contributed by atoms with van der Waals surface area (Å²) in [6.45, 7) is -0.0938. The maximum atomic E-state index is 14.7. The van der Waals surface area contributed by atoms with Crippen LogP contribution in [0.1, 0.15) is 0 Å². The van der Waals surface area contributed by atoms with Gasteiger partial charge in [-0.3, -0.25) is 15.8 Å². The molecule has 0 radical (unpaired) electrons. The van der Waals surface area contributed by atoms with Crippen LogP contribution >= 0.6 is 11.3 Å². The second kappa shape index (κ2) is 7.31. The molecule has 3 N–H and O–H groups in total. The van der Waals surface area contributed by atoms with Crippen molar-refractivity contribution in [2.24, 2.45) is 4.99 Å². The largest absolute Gasteiger partial charge is 0.441 e. The number of aliphatic hydroxyl groups is 1. The molecule has 28 heavy (non-hydrogen) atoms. The number of aliphatic hydroxyl groups excluding tert-OH is 1. The van der Waals surface area contributed by atoms with E-state index in [9.17, 15) is 9.18 Å². The Morgan fingerprint density at radius 2 is 2.14 bits per heavy atom. The standard InChI is InChI=1S/C16H18FN7O3S/c1-22-20-14(21-23(22)2)19-15-18-6-13(28-15)11-4-3-9(5-12(11)17)24-7-10(8-25)27-16(24)26/h3-6,10,25H,7-8H2,1-2H3,(H2,18,19,20,21)/t10-/m1/s1. The molecule has 0 spiro atoms. The first kappa shape index (κ1) is 18.6. The fraction of sp³-hybridized carbons (Fsp3) is 0.312. The monoisotopic (exact) mass is 407 g/mol. The number of amides is 1. The average Bonchev–Trinajstić information content (AvgIpc) is 3.35. The van der Waals surface area contributed by atoms with Gasteiger partial charge in [0.05, 0.1) is 23.7 Å². The van der Waals surface area contributed by atoms with Crippen LogP contribution in [-0.4, -0.2) is 65.7 Å². The minimum absolute atomic E-state index is 0.180. The van der Waals surface area contributed by atoms with Crippen LogP contribution in [0.5, 0.6) is 0 Å². The normalized spacial score (nSPS) is 20.3. The number of halogens is 1. The molecule has 1 aromatic carbocycles. The first-order valence-corrected chi connectivity index (χ1v) is 9.20. The van der Waals surface area contributed by atoms with E-state index in [1.807, 2.05) is 14.1 Å². The summed E-state index contributed by atoms with van der Waals surface area (Å²) in [6.07, 6.45) is 0.346. The summed E-state index contributed by atoms with van der Waals surface area (Å²) in [5.74, 6) is 0.0184. The molecule has 1 aromatic heterocycles. The van der Waals surface area contributed by atoms with Gasteiger partial charge in [-0.1, -0.05) is 11.3 Å². The summed E-state index contributed by atoms with van der Waals surface area (Å²) in [5.41, 5.74) is 6.71. The van der Waals surface area contributed by atoms with Gasteiger partial charge in [-0.25, -0.2) is 14.2 Å². The Morgan fingerprint density at radius 1 is 1.39 bits per heavy atom. The maximum absolute atomic E-state index is 14.7. The van der Waals surface area contributed by atoms with E-state index in [0.29, 0.717) is 27.2 Å². The minimum atomic E-state index is -0.603. The van der Waals surface area contributed by atoms with Crippen molar-refractivity contribution in [2.75, 3.05) is 32.1 Å². The second-order valence-electron chi connectivity index (χ2n) is 6.20. The second-order valence-corrected chi connectivity index (χ2v) is 7.21. The van der Waals surface area contributed by atoms with E-state index >= 15 is 0 Å². The molecule has 10 nitrogen and oxygen atoms in total. The van der Waals surface area contributed by atoms with Crippen molar-refractivity contribution in [1.29, 1.82) is 0 Å². The van der Waals surface area contributed by atoms with Gasteiger partial charge in [0.25, 0.3) is 0 Å². The smallest absolute Gasteiger partial charge is 0.414 e. The highest BCUT2D eigenvalue weighted by Gasteiger charge is 2.32. The number of ether oxygens (including phenoxy) is 1. The summed E-state index contributed by atoms with van der Waals surface area (Å²) in [6, 6.07) is 4.49. The lowest BCUT2D eigenvalue weighted by Gasteiger charge is -2.14. The number of carbonyl (C=O) groups is 1. The van der Waals surface area contributed by atoms with Gasteiger partial charge in [-0.05, 0) is 18.2 Å². The molecule has 0 aliphatic carbocycles. The van der Waals surface area contributed by atoms with Crippen LogP contribution < -0.4 is 15.8 Å². The highest BCUT2D eigenvalue weighted by molar-refractivity contribution is 7.18. The predicted molar refractivity (Wildman–Crippen MR) is 101 cm³/mol. The molecular weight excluding hydrogens is 389 g/mol. The highest BCUT2D eigenvalue weighted by atomic mass is 32.1. The van der Waals surface area contributed by atoms with Crippen molar-refractivity contribution in [3.8, 4) is 10.4 Å². The molecule has 148 valence electrons. The number of benzene rings is 1. The van der Waals surface area contributed by atoms with E-state index in [4.69, 9.17) is 9.84 Å². The SMILES string of the molecule is CN1NC(=Nc2ncc(-c3ccc(N4C[C@H](CO)OC4=O)cc3F)s2)NN1C.